The van der Waals surface area contributed by atoms with Crippen molar-refractivity contribution in [1.29, 1.82) is 5.26 Å². The summed E-state index contributed by atoms with van der Waals surface area (Å²) in [6.45, 7) is 6.93. The lowest BCUT2D eigenvalue weighted by atomic mass is 9.82. The van der Waals surface area contributed by atoms with E-state index < -0.39 is 6.17 Å². The zero-order valence-corrected chi connectivity index (χ0v) is 19.2. The summed E-state index contributed by atoms with van der Waals surface area (Å²) in [6.07, 6.45) is 6.52. The molecule has 174 valence electrons. The summed E-state index contributed by atoms with van der Waals surface area (Å²) in [7, 11) is 0. The first kappa shape index (κ1) is 23.9. The Kier molecular flexibility index (Phi) is 8.29. The topological polar surface area (TPSA) is 101 Å². The average Bonchev–Trinajstić information content (AvgIpc) is 3.20. The van der Waals surface area contributed by atoms with Gasteiger partial charge in [0, 0.05) is 24.4 Å². The molecule has 0 spiro atoms. The third-order valence-corrected chi connectivity index (χ3v) is 6.69. The number of rotatable bonds is 4. The molecule has 2 saturated carbocycles. The van der Waals surface area contributed by atoms with Crippen LogP contribution in [-0.4, -0.2) is 36.8 Å². The lowest BCUT2D eigenvalue weighted by molar-refractivity contribution is -0.124. The molecule has 4 N–H and O–H groups in total. The first-order valence-corrected chi connectivity index (χ1v) is 11.9. The number of hydrazine groups is 1. The van der Waals surface area contributed by atoms with Crippen LogP contribution in [0.1, 0.15) is 78.6 Å². The fraction of sp³-hybridized carbons (Fsp3) is 0.870. The molecule has 0 aromatic carbocycles. The highest BCUT2D eigenvalue weighted by atomic mass is 19.1. The van der Waals surface area contributed by atoms with Crippen LogP contribution in [0.3, 0.4) is 0 Å². The van der Waals surface area contributed by atoms with Crippen LogP contribution < -0.4 is 21.5 Å². The van der Waals surface area contributed by atoms with E-state index >= 15 is 0 Å². The van der Waals surface area contributed by atoms with Crippen molar-refractivity contribution in [2.45, 2.75) is 96.9 Å². The number of hydrogen-bond acceptors (Lipinski definition) is 5. The second kappa shape index (κ2) is 10.7. The quantitative estimate of drug-likeness (QED) is 0.402. The molecule has 3 aliphatic rings. The molecule has 0 bridgehead atoms. The summed E-state index contributed by atoms with van der Waals surface area (Å²) in [6, 6.07) is 2.61. The molecule has 4 unspecified atom stereocenters. The minimum Gasteiger partial charge on any atom is -0.339 e. The lowest BCUT2D eigenvalue weighted by Crippen LogP contribution is -2.52. The van der Waals surface area contributed by atoms with Crippen molar-refractivity contribution in [3.63, 3.8) is 0 Å². The van der Waals surface area contributed by atoms with Gasteiger partial charge in [0.05, 0.1) is 12.2 Å². The summed E-state index contributed by atoms with van der Waals surface area (Å²) in [4.78, 5) is 17.6. The Balaban J connectivity index is 1.57. The Morgan fingerprint density at radius 2 is 1.87 bits per heavy atom. The summed E-state index contributed by atoms with van der Waals surface area (Å²) < 4.78 is 13.5. The maximum atomic E-state index is 13.5. The molecule has 1 saturated heterocycles. The van der Waals surface area contributed by atoms with Crippen molar-refractivity contribution in [2.75, 3.05) is 6.54 Å². The SMILES string of the molecule is CC(C)(C)CN=C(NC(=O)C1CCCC(C#N)C1)NC1CC(C2CCC(F)CC2)NN1. The van der Waals surface area contributed by atoms with Gasteiger partial charge in [-0.3, -0.25) is 20.5 Å². The van der Waals surface area contributed by atoms with Crippen molar-refractivity contribution in [2.24, 2.45) is 28.2 Å². The number of carbonyl (C=O) groups excluding carboxylic acids is 1. The molecule has 0 radical (unpaired) electrons. The largest absolute Gasteiger partial charge is 0.339 e. The van der Waals surface area contributed by atoms with Crippen LogP contribution in [0.2, 0.25) is 0 Å². The van der Waals surface area contributed by atoms with Gasteiger partial charge in [-0.2, -0.15) is 5.26 Å². The predicted octanol–water partition coefficient (Wildman–Crippen LogP) is 3.15. The minimum absolute atomic E-state index is 0.00327. The number of nitrogens with zero attached hydrogens (tertiary/aromatic N) is 2. The van der Waals surface area contributed by atoms with E-state index in [1.807, 2.05) is 0 Å². The van der Waals surface area contributed by atoms with Gasteiger partial charge >= 0.3 is 0 Å². The number of nitrogens with one attached hydrogen (secondary N) is 4. The van der Waals surface area contributed by atoms with Crippen LogP contribution in [0.25, 0.3) is 0 Å². The fourth-order valence-electron chi connectivity index (χ4n) is 4.83. The number of alkyl halides is 1. The number of halogens is 1. The Bertz CT molecular complexity index is 677. The van der Waals surface area contributed by atoms with Gasteiger partial charge in [0.15, 0.2) is 5.96 Å². The maximum absolute atomic E-state index is 13.5. The van der Waals surface area contributed by atoms with Gasteiger partial charge < -0.3 is 5.32 Å². The minimum atomic E-state index is -0.647. The highest BCUT2D eigenvalue weighted by Gasteiger charge is 2.34. The average molecular weight is 435 g/mol. The molecule has 1 amide bonds. The molecule has 2 aliphatic carbocycles. The second-order valence-electron chi connectivity index (χ2n) is 10.7. The Morgan fingerprint density at radius 3 is 2.55 bits per heavy atom. The zero-order chi connectivity index (χ0) is 22.4. The molecule has 0 aromatic rings. The maximum Gasteiger partial charge on any atom is 0.229 e. The zero-order valence-electron chi connectivity index (χ0n) is 19.2. The number of guanidine groups is 1. The third kappa shape index (κ3) is 7.43. The van der Waals surface area contributed by atoms with Gasteiger partial charge in [0.25, 0.3) is 0 Å². The van der Waals surface area contributed by atoms with Crippen molar-refractivity contribution in [1.82, 2.24) is 21.5 Å². The normalized spacial score (nSPS) is 34.7. The smallest absolute Gasteiger partial charge is 0.229 e. The first-order chi connectivity index (χ1) is 14.7. The van der Waals surface area contributed by atoms with Gasteiger partial charge in [0.2, 0.25) is 5.91 Å². The van der Waals surface area contributed by atoms with Gasteiger partial charge in [-0.25, -0.2) is 9.82 Å². The van der Waals surface area contributed by atoms with Gasteiger partial charge in [-0.1, -0.05) is 27.2 Å². The van der Waals surface area contributed by atoms with E-state index in [1.54, 1.807) is 0 Å². The standard InChI is InChI=1S/C23H39FN6O/c1-23(2,3)14-26-22(28-21(31)17-6-4-5-15(11-17)13-25)27-20-12-19(29-30-20)16-7-9-18(24)10-8-16/h15-20,29-30H,4-12,14H2,1-3H3,(H2,26,27,28,31). The molecule has 1 aliphatic heterocycles. The number of carbonyl (C=O) groups is 1. The van der Waals surface area contributed by atoms with Crippen LogP contribution in [0.5, 0.6) is 0 Å². The Labute approximate surface area is 186 Å². The second-order valence-corrected chi connectivity index (χ2v) is 10.7. The molecular formula is C23H39FN6O. The van der Waals surface area contributed by atoms with Crippen molar-refractivity contribution in [3.05, 3.63) is 0 Å². The number of amides is 1. The number of aliphatic imine (C=N–C) groups is 1. The predicted molar refractivity (Wildman–Crippen MR) is 119 cm³/mol. The number of hydrogen-bond donors (Lipinski definition) is 4. The van der Waals surface area contributed by atoms with E-state index in [9.17, 15) is 14.4 Å². The van der Waals surface area contributed by atoms with E-state index in [1.165, 1.54) is 0 Å². The summed E-state index contributed by atoms with van der Waals surface area (Å²) in [5.41, 5.74) is 6.65. The van der Waals surface area contributed by atoms with Crippen molar-refractivity contribution >= 4 is 11.9 Å². The van der Waals surface area contributed by atoms with Crippen LogP contribution in [0.4, 0.5) is 4.39 Å². The lowest BCUT2D eigenvalue weighted by Gasteiger charge is -2.28. The van der Waals surface area contributed by atoms with E-state index in [0.29, 0.717) is 43.7 Å². The van der Waals surface area contributed by atoms with Crippen molar-refractivity contribution in [3.8, 4) is 6.07 Å². The van der Waals surface area contributed by atoms with Crippen LogP contribution in [-0.2, 0) is 4.79 Å². The Morgan fingerprint density at radius 1 is 1.13 bits per heavy atom. The molecule has 7 nitrogen and oxygen atoms in total. The number of nitriles is 1. The van der Waals surface area contributed by atoms with Crippen LogP contribution in [0.15, 0.2) is 4.99 Å². The van der Waals surface area contributed by atoms with Gasteiger partial charge in [-0.05, 0) is 62.7 Å². The highest BCUT2D eigenvalue weighted by Crippen LogP contribution is 2.31. The molecule has 3 rings (SSSR count). The third-order valence-electron chi connectivity index (χ3n) is 6.69. The van der Waals surface area contributed by atoms with Crippen LogP contribution >= 0.6 is 0 Å². The molecule has 8 heteroatoms. The molecular weight excluding hydrogens is 395 g/mol. The van der Waals surface area contributed by atoms with E-state index in [-0.39, 0.29) is 29.3 Å². The molecule has 1 heterocycles. The van der Waals surface area contributed by atoms with Crippen LogP contribution in [0, 0.1) is 34.5 Å². The fourth-order valence-corrected chi connectivity index (χ4v) is 4.83. The Hall–Kier alpha value is -1.72. The summed E-state index contributed by atoms with van der Waals surface area (Å²) in [5, 5.41) is 15.6. The molecule has 0 aromatic heterocycles. The first-order valence-electron chi connectivity index (χ1n) is 11.9. The van der Waals surface area contributed by atoms with Gasteiger partial charge in [0.1, 0.15) is 6.17 Å². The van der Waals surface area contributed by atoms with E-state index in [2.05, 4.69) is 53.3 Å². The molecule has 31 heavy (non-hydrogen) atoms. The van der Waals surface area contributed by atoms with Crippen molar-refractivity contribution < 1.29 is 9.18 Å². The van der Waals surface area contributed by atoms with E-state index in [4.69, 9.17) is 0 Å². The highest BCUT2D eigenvalue weighted by molar-refractivity contribution is 5.98. The van der Waals surface area contributed by atoms with Gasteiger partial charge in [-0.15, -0.1) is 0 Å². The summed E-state index contributed by atoms with van der Waals surface area (Å²) >= 11 is 0. The molecule has 4 atom stereocenters. The molecule has 3 fully saturated rings. The monoisotopic (exact) mass is 434 g/mol. The summed E-state index contributed by atoms with van der Waals surface area (Å²) in [5.74, 6) is 0.739. The van der Waals surface area contributed by atoms with E-state index in [0.717, 1.165) is 38.5 Å².